The zero-order chi connectivity index (χ0) is 21.1. The Morgan fingerprint density at radius 2 is 1.97 bits per heavy atom. The van der Waals surface area contributed by atoms with Gasteiger partial charge in [0.2, 0.25) is 5.91 Å². The molecule has 0 unspecified atom stereocenters. The molecule has 156 valence electrons. The van der Waals surface area contributed by atoms with Gasteiger partial charge in [-0.15, -0.1) is 0 Å². The number of phenolic OH excluding ortho intramolecular Hbond substituents is 1. The summed E-state index contributed by atoms with van der Waals surface area (Å²) in [6.45, 7) is 7.10. The molecule has 2 heterocycles. The Bertz CT molecular complexity index is 1050. The molecular weight excluding hydrogens is 380 g/mol. The number of anilines is 2. The third-order valence-electron chi connectivity index (χ3n) is 5.35. The van der Waals surface area contributed by atoms with Crippen molar-refractivity contribution < 1.29 is 14.4 Å². The molecule has 3 N–H and O–H groups in total. The zero-order valence-electron chi connectivity index (χ0n) is 17.2. The monoisotopic (exact) mass is 406 g/mol. The molecule has 0 atom stereocenters. The van der Waals surface area contributed by atoms with Crippen LogP contribution in [-0.4, -0.2) is 42.3 Å². The van der Waals surface area contributed by atoms with Gasteiger partial charge in [-0.2, -0.15) is 0 Å². The molecular formula is C23H26N4O3. The summed E-state index contributed by atoms with van der Waals surface area (Å²) in [5.41, 5.74) is 3.98. The number of para-hydroxylation sites is 1. The Balaban J connectivity index is 1.67. The van der Waals surface area contributed by atoms with Crippen molar-refractivity contribution in [2.75, 3.05) is 36.4 Å². The smallest absolute Gasteiger partial charge is 0.221 e. The summed E-state index contributed by atoms with van der Waals surface area (Å²) in [6, 6.07) is 13.2. The number of hydrogen-bond acceptors (Lipinski definition) is 6. The number of carbonyl (C=O) groups excluding carboxylic acids is 1. The first kappa shape index (κ1) is 20.0. The van der Waals surface area contributed by atoms with Gasteiger partial charge in [0.15, 0.2) is 11.6 Å². The molecule has 1 saturated heterocycles. The van der Waals surface area contributed by atoms with Crippen LogP contribution in [0.2, 0.25) is 0 Å². The molecule has 0 aliphatic carbocycles. The molecule has 4 rings (SSSR count). The molecule has 7 heteroatoms. The lowest BCUT2D eigenvalue weighted by Gasteiger charge is -2.26. The van der Waals surface area contributed by atoms with E-state index in [1.54, 1.807) is 0 Å². The minimum absolute atomic E-state index is 0.104. The standard InChI is InChI=1S/C23H26N4O3/c1-3-16-13-17(7-8-20(16)25-15(2)28)18-5-4-6-19(23(18)29)21-14-22(26-30-21)27-11-9-24-10-12-27/h4-8,13-14,24,29H,3,9-12H2,1-2H3,(H,25,28). The number of nitrogens with one attached hydrogen (secondary N) is 2. The highest BCUT2D eigenvalue weighted by atomic mass is 16.5. The number of amides is 1. The molecule has 0 radical (unpaired) electrons. The average molecular weight is 406 g/mol. The Morgan fingerprint density at radius 1 is 1.20 bits per heavy atom. The van der Waals surface area contributed by atoms with Crippen LogP contribution in [0.5, 0.6) is 5.75 Å². The van der Waals surface area contributed by atoms with Crippen LogP contribution in [-0.2, 0) is 11.2 Å². The normalized spacial score (nSPS) is 14.0. The highest BCUT2D eigenvalue weighted by molar-refractivity contribution is 5.90. The van der Waals surface area contributed by atoms with Gasteiger partial charge >= 0.3 is 0 Å². The molecule has 1 amide bonds. The predicted molar refractivity (Wildman–Crippen MR) is 118 cm³/mol. The van der Waals surface area contributed by atoms with Crippen LogP contribution in [0.1, 0.15) is 19.4 Å². The number of piperazine rings is 1. The SMILES string of the molecule is CCc1cc(-c2cccc(-c3cc(N4CCNCC4)no3)c2O)ccc1NC(C)=O. The number of carbonyl (C=O) groups is 1. The van der Waals surface area contributed by atoms with Gasteiger partial charge in [0.25, 0.3) is 0 Å². The number of nitrogens with zero attached hydrogens (tertiary/aromatic N) is 2. The topological polar surface area (TPSA) is 90.6 Å². The van der Waals surface area contributed by atoms with E-state index in [0.717, 1.165) is 55.2 Å². The predicted octanol–water partition coefficient (Wildman–Crippen LogP) is 3.64. The quantitative estimate of drug-likeness (QED) is 0.599. The Labute approximate surface area is 175 Å². The van der Waals surface area contributed by atoms with E-state index in [0.29, 0.717) is 16.9 Å². The van der Waals surface area contributed by atoms with Gasteiger partial charge in [0.05, 0.1) is 5.56 Å². The molecule has 7 nitrogen and oxygen atoms in total. The fourth-order valence-corrected chi connectivity index (χ4v) is 3.78. The first-order valence-electron chi connectivity index (χ1n) is 10.2. The summed E-state index contributed by atoms with van der Waals surface area (Å²) in [5.74, 6) is 1.36. The number of rotatable bonds is 5. The molecule has 1 aliphatic heterocycles. The van der Waals surface area contributed by atoms with E-state index in [-0.39, 0.29) is 11.7 Å². The lowest BCUT2D eigenvalue weighted by atomic mass is 9.97. The minimum Gasteiger partial charge on any atom is -0.507 e. The molecule has 0 spiro atoms. The van der Waals surface area contributed by atoms with E-state index >= 15 is 0 Å². The van der Waals surface area contributed by atoms with Crippen LogP contribution in [0.3, 0.4) is 0 Å². The second-order valence-corrected chi connectivity index (χ2v) is 7.39. The maximum absolute atomic E-state index is 11.4. The van der Waals surface area contributed by atoms with E-state index in [1.807, 2.05) is 49.4 Å². The van der Waals surface area contributed by atoms with E-state index in [2.05, 4.69) is 20.7 Å². The second-order valence-electron chi connectivity index (χ2n) is 7.39. The molecule has 0 bridgehead atoms. The molecule has 1 aliphatic rings. The van der Waals surface area contributed by atoms with Crippen molar-refractivity contribution in [3.05, 3.63) is 48.0 Å². The lowest BCUT2D eigenvalue weighted by Crippen LogP contribution is -2.43. The molecule has 1 fully saturated rings. The van der Waals surface area contributed by atoms with E-state index < -0.39 is 0 Å². The molecule has 3 aromatic rings. The van der Waals surface area contributed by atoms with Crippen LogP contribution in [0, 0.1) is 0 Å². The summed E-state index contributed by atoms with van der Waals surface area (Å²) < 4.78 is 5.56. The van der Waals surface area contributed by atoms with Crippen LogP contribution in [0.15, 0.2) is 47.0 Å². The van der Waals surface area contributed by atoms with Gasteiger partial charge in [-0.25, -0.2) is 0 Å². The number of aryl methyl sites for hydroxylation is 1. The highest BCUT2D eigenvalue weighted by Crippen LogP contribution is 2.39. The minimum atomic E-state index is -0.104. The molecule has 30 heavy (non-hydrogen) atoms. The van der Waals surface area contributed by atoms with Gasteiger partial charge in [0.1, 0.15) is 5.75 Å². The van der Waals surface area contributed by atoms with Crippen molar-refractivity contribution in [2.24, 2.45) is 0 Å². The van der Waals surface area contributed by atoms with E-state index in [4.69, 9.17) is 4.52 Å². The number of aromatic nitrogens is 1. The van der Waals surface area contributed by atoms with Gasteiger partial charge in [0, 0.05) is 50.4 Å². The largest absolute Gasteiger partial charge is 0.507 e. The number of benzene rings is 2. The van der Waals surface area contributed by atoms with Gasteiger partial charge in [-0.05, 0) is 35.7 Å². The van der Waals surface area contributed by atoms with E-state index in [1.165, 1.54) is 6.92 Å². The van der Waals surface area contributed by atoms with E-state index in [9.17, 15) is 9.90 Å². The fourth-order valence-electron chi connectivity index (χ4n) is 3.78. The van der Waals surface area contributed by atoms with Crippen LogP contribution < -0.4 is 15.5 Å². The van der Waals surface area contributed by atoms with Crippen molar-refractivity contribution in [3.8, 4) is 28.2 Å². The first-order valence-corrected chi connectivity index (χ1v) is 10.2. The molecule has 0 saturated carbocycles. The van der Waals surface area contributed by atoms with Crippen LogP contribution in [0.25, 0.3) is 22.5 Å². The third-order valence-corrected chi connectivity index (χ3v) is 5.35. The van der Waals surface area contributed by atoms with Crippen molar-refractivity contribution in [3.63, 3.8) is 0 Å². The summed E-state index contributed by atoms with van der Waals surface area (Å²) in [4.78, 5) is 13.6. The van der Waals surface area contributed by atoms with Crippen LogP contribution >= 0.6 is 0 Å². The van der Waals surface area contributed by atoms with Gasteiger partial charge in [-0.1, -0.05) is 30.3 Å². The highest BCUT2D eigenvalue weighted by Gasteiger charge is 2.19. The lowest BCUT2D eigenvalue weighted by molar-refractivity contribution is -0.114. The summed E-state index contributed by atoms with van der Waals surface area (Å²) in [5, 5.41) is 21.4. The summed E-state index contributed by atoms with van der Waals surface area (Å²) >= 11 is 0. The maximum Gasteiger partial charge on any atom is 0.221 e. The summed E-state index contributed by atoms with van der Waals surface area (Å²) in [7, 11) is 0. The first-order chi connectivity index (χ1) is 14.6. The zero-order valence-corrected chi connectivity index (χ0v) is 17.2. The summed E-state index contributed by atoms with van der Waals surface area (Å²) in [6.07, 6.45) is 0.764. The Hall–Kier alpha value is -3.32. The van der Waals surface area contributed by atoms with Crippen molar-refractivity contribution in [2.45, 2.75) is 20.3 Å². The second kappa shape index (κ2) is 8.59. The van der Waals surface area contributed by atoms with Gasteiger partial charge < -0.3 is 25.2 Å². The van der Waals surface area contributed by atoms with Crippen molar-refractivity contribution >= 4 is 17.4 Å². The number of hydrogen-bond donors (Lipinski definition) is 3. The van der Waals surface area contributed by atoms with Crippen LogP contribution in [0.4, 0.5) is 11.5 Å². The molecule has 1 aromatic heterocycles. The fraction of sp³-hybridized carbons (Fsp3) is 0.304. The molecule has 2 aromatic carbocycles. The van der Waals surface area contributed by atoms with Gasteiger partial charge in [-0.3, -0.25) is 4.79 Å². The average Bonchev–Trinajstić information content (AvgIpc) is 3.24. The number of phenols is 1. The Morgan fingerprint density at radius 3 is 2.70 bits per heavy atom. The van der Waals surface area contributed by atoms with Crippen molar-refractivity contribution in [1.29, 1.82) is 0 Å². The third kappa shape index (κ3) is 4.02. The Kier molecular flexibility index (Phi) is 5.72. The van der Waals surface area contributed by atoms with Crippen molar-refractivity contribution in [1.82, 2.24) is 10.5 Å². The number of aromatic hydroxyl groups is 1. The maximum atomic E-state index is 11.4.